The molecular formula is C13H23N3O. The van der Waals surface area contributed by atoms with E-state index in [-0.39, 0.29) is 6.10 Å². The number of ether oxygens (including phenoxy) is 1. The van der Waals surface area contributed by atoms with Gasteiger partial charge in [0.05, 0.1) is 11.8 Å². The van der Waals surface area contributed by atoms with Crippen LogP contribution < -0.4 is 5.32 Å². The minimum atomic E-state index is 0.161. The number of hydrogen-bond donors (Lipinski definition) is 1. The molecule has 1 atom stereocenters. The highest BCUT2D eigenvalue weighted by Gasteiger charge is 2.05. The fraction of sp³-hybridized carbons (Fsp3) is 0.692. The van der Waals surface area contributed by atoms with Crippen LogP contribution in [0.15, 0.2) is 12.3 Å². The molecule has 0 saturated heterocycles. The van der Waals surface area contributed by atoms with E-state index in [4.69, 9.17) is 4.74 Å². The average Bonchev–Trinajstić information content (AvgIpc) is 2.29. The Labute approximate surface area is 104 Å². The topological polar surface area (TPSA) is 47.0 Å². The second kappa shape index (κ2) is 7.35. The van der Waals surface area contributed by atoms with Crippen LogP contribution in [-0.2, 0) is 17.7 Å². The molecule has 0 aliphatic rings. The van der Waals surface area contributed by atoms with E-state index < -0.39 is 0 Å². The van der Waals surface area contributed by atoms with E-state index in [9.17, 15) is 0 Å². The minimum absolute atomic E-state index is 0.161. The summed E-state index contributed by atoms with van der Waals surface area (Å²) in [6, 6.07) is 1.95. The summed E-state index contributed by atoms with van der Waals surface area (Å²) >= 11 is 0. The van der Waals surface area contributed by atoms with E-state index in [1.54, 1.807) is 7.11 Å². The van der Waals surface area contributed by atoms with Gasteiger partial charge in [-0.1, -0.05) is 13.8 Å². The Morgan fingerprint density at radius 2 is 2.12 bits per heavy atom. The van der Waals surface area contributed by atoms with Gasteiger partial charge in [0.15, 0.2) is 0 Å². The molecule has 0 spiro atoms. The molecule has 4 nitrogen and oxygen atoms in total. The fourth-order valence-corrected chi connectivity index (χ4v) is 1.47. The first kappa shape index (κ1) is 14.1. The summed E-state index contributed by atoms with van der Waals surface area (Å²) < 4.78 is 5.21. The van der Waals surface area contributed by atoms with Gasteiger partial charge >= 0.3 is 0 Å². The molecule has 1 N–H and O–H groups in total. The summed E-state index contributed by atoms with van der Waals surface area (Å²) in [6.45, 7) is 8.22. The Morgan fingerprint density at radius 3 is 2.76 bits per heavy atom. The van der Waals surface area contributed by atoms with Crippen molar-refractivity contribution in [2.24, 2.45) is 5.92 Å². The average molecular weight is 237 g/mol. The van der Waals surface area contributed by atoms with Crippen molar-refractivity contribution in [3.63, 3.8) is 0 Å². The first-order chi connectivity index (χ1) is 8.11. The molecule has 17 heavy (non-hydrogen) atoms. The molecule has 0 saturated carbocycles. The van der Waals surface area contributed by atoms with Crippen molar-refractivity contribution in [2.75, 3.05) is 13.7 Å². The van der Waals surface area contributed by atoms with Gasteiger partial charge < -0.3 is 10.1 Å². The third kappa shape index (κ3) is 5.75. The van der Waals surface area contributed by atoms with Gasteiger partial charge in [0.2, 0.25) is 0 Å². The van der Waals surface area contributed by atoms with Crippen molar-refractivity contribution in [3.8, 4) is 0 Å². The normalized spacial score (nSPS) is 13.0. The molecule has 1 unspecified atom stereocenters. The van der Waals surface area contributed by atoms with E-state index in [0.717, 1.165) is 31.0 Å². The number of nitrogens with one attached hydrogen (secondary N) is 1. The first-order valence-electron chi connectivity index (χ1n) is 6.16. The minimum Gasteiger partial charge on any atom is -0.381 e. The summed E-state index contributed by atoms with van der Waals surface area (Å²) in [5, 5.41) is 3.37. The SMILES string of the molecule is COC(C)Cc1nccc(CNCC(C)C)n1. The zero-order chi connectivity index (χ0) is 12.7. The fourth-order valence-electron chi connectivity index (χ4n) is 1.47. The van der Waals surface area contributed by atoms with E-state index in [1.807, 2.05) is 19.2 Å². The summed E-state index contributed by atoms with van der Waals surface area (Å²) in [5.74, 6) is 1.51. The Morgan fingerprint density at radius 1 is 1.35 bits per heavy atom. The lowest BCUT2D eigenvalue weighted by Gasteiger charge is -2.10. The highest BCUT2D eigenvalue weighted by Crippen LogP contribution is 2.01. The lowest BCUT2D eigenvalue weighted by atomic mass is 10.2. The van der Waals surface area contributed by atoms with Crippen molar-refractivity contribution in [1.82, 2.24) is 15.3 Å². The zero-order valence-corrected chi connectivity index (χ0v) is 11.2. The molecule has 0 bridgehead atoms. The highest BCUT2D eigenvalue weighted by molar-refractivity contribution is 5.02. The molecule has 1 aromatic heterocycles. The Bertz CT molecular complexity index is 328. The molecule has 4 heteroatoms. The number of methoxy groups -OCH3 is 1. The van der Waals surface area contributed by atoms with Gasteiger partial charge in [-0.25, -0.2) is 9.97 Å². The molecule has 96 valence electrons. The molecule has 0 radical (unpaired) electrons. The summed E-state index contributed by atoms with van der Waals surface area (Å²) in [4.78, 5) is 8.76. The maximum Gasteiger partial charge on any atom is 0.131 e. The highest BCUT2D eigenvalue weighted by atomic mass is 16.5. The van der Waals surface area contributed by atoms with Gasteiger partial charge in [0, 0.05) is 26.3 Å². The largest absolute Gasteiger partial charge is 0.381 e. The van der Waals surface area contributed by atoms with Gasteiger partial charge in [0.1, 0.15) is 5.82 Å². The molecule has 1 heterocycles. The molecule has 1 aromatic rings. The lowest BCUT2D eigenvalue weighted by Crippen LogP contribution is -2.20. The Kier molecular flexibility index (Phi) is 6.08. The van der Waals surface area contributed by atoms with Crippen LogP contribution in [-0.4, -0.2) is 29.7 Å². The quantitative estimate of drug-likeness (QED) is 0.785. The van der Waals surface area contributed by atoms with E-state index >= 15 is 0 Å². The van der Waals surface area contributed by atoms with Gasteiger partial charge in [-0.3, -0.25) is 0 Å². The van der Waals surface area contributed by atoms with Crippen molar-refractivity contribution in [1.29, 1.82) is 0 Å². The summed E-state index contributed by atoms with van der Waals surface area (Å²) in [7, 11) is 1.71. The third-order valence-corrected chi connectivity index (χ3v) is 2.49. The lowest BCUT2D eigenvalue weighted by molar-refractivity contribution is 0.117. The summed E-state index contributed by atoms with van der Waals surface area (Å²) in [5.41, 5.74) is 1.04. The van der Waals surface area contributed by atoms with Crippen LogP contribution in [0, 0.1) is 5.92 Å². The van der Waals surface area contributed by atoms with Crippen LogP contribution in [0.1, 0.15) is 32.3 Å². The van der Waals surface area contributed by atoms with Gasteiger partial charge in [-0.05, 0) is 25.5 Å². The maximum absolute atomic E-state index is 5.21. The number of rotatable bonds is 7. The molecule has 0 amide bonds. The smallest absolute Gasteiger partial charge is 0.131 e. The zero-order valence-electron chi connectivity index (χ0n) is 11.2. The summed E-state index contributed by atoms with van der Waals surface area (Å²) in [6.07, 6.45) is 2.74. The van der Waals surface area contributed by atoms with Gasteiger partial charge in [-0.2, -0.15) is 0 Å². The molecule has 0 aromatic carbocycles. The molecule has 1 rings (SSSR count). The Hall–Kier alpha value is -1.00. The van der Waals surface area contributed by atoms with Crippen LogP contribution >= 0.6 is 0 Å². The maximum atomic E-state index is 5.21. The Balaban J connectivity index is 2.48. The van der Waals surface area contributed by atoms with E-state index in [0.29, 0.717) is 5.92 Å². The van der Waals surface area contributed by atoms with Crippen LogP contribution in [0.5, 0.6) is 0 Å². The van der Waals surface area contributed by atoms with E-state index in [1.165, 1.54) is 0 Å². The second-order valence-corrected chi connectivity index (χ2v) is 4.74. The van der Waals surface area contributed by atoms with Crippen molar-refractivity contribution < 1.29 is 4.74 Å². The molecule has 0 aliphatic carbocycles. The number of nitrogens with zero attached hydrogens (tertiary/aromatic N) is 2. The third-order valence-electron chi connectivity index (χ3n) is 2.49. The van der Waals surface area contributed by atoms with Crippen molar-refractivity contribution in [3.05, 3.63) is 23.8 Å². The predicted molar refractivity (Wildman–Crippen MR) is 68.8 cm³/mol. The van der Waals surface area contributed by atoms with Crippen molar-refractivity contribution in [2.45, 2.75) is 39.8 Å². The van der Waals surface area contributed by atoms with Crippen LogP contribution in [0.4, 0.5) is 0 Å². The monoisotopic (exact) mass is 237 g/mol. The molecule has 0 fully saturated rings. The standard InChI is InChI=1S/C13H23N3O/c1-10(2)8-14-9-12-5-6-15-13(16-12)7-11(3)17-4/h5-6,10-11,14H,7-9H2,1-4H3. The predicted octanol–water partition coefficient (Wildman–Crippen LogP) is 1.80. The van der Waals surface area contributed by atoms with Gasteiger partial charge in [0.25, 0.3) is 0 Å². The number of hydrogen-bond acceptors (Lipinski definition) is 4. The van der Waals surface area contributed by atoms with Crippen LogP contribution in [0.25, 0.3) is 0 Å². The molecular weight excluding hydrogens is 214 g/mol. The number of aromatic nitrogens is 2. The second-order valence-electron chi connectivity index (χ2n) is 4.74. The first-order valence-corrected chi connectivity index (χ1v) is 6.16. The van der Waals surface area contributed by atoms with Crippen LogP contribution in [0.2, 0.25) is 0 Å². The van der Waals surface area contributed by atoms with E-state index in [2.05, 4.69) is 29.1 Å². The van der Waals surface area contributed by atoms with Gasteiger partial charge in [-0.15, -0.1) is 0 Å². The van der Waals surface area contributed by atoms with Crippen molar-refractivity contribution >= 4 is 0 Å². The molecule has 0 aliphatic heterocycles. The van der Waals surface area contributed by atoms with Crippen LogP contribution in [0.3, 0.4) is 0 Å².